The number of ketones is 1. The van der Waals surface area contributed by atoms with Gasteiger partial charge in [-0.2, -0.15) is 11.8 Å². The molecule has 35 heavy (non-hydrogen) atoms. The molecule has 2 atom stereocenters. The molecule has 0 aliphatic carbocycles. The monoisotopic (exact) mass is 530 g/mol. The van der Waals surface area contributed by atoms with Gasteiger partial charge in [0.1, 0.15) is 23.0 Å². The standard InChI is InChI=1S/C24H34O9S2/c1-3-4-19-20(6-5-18(15(2)25)23(19)31)32-11-16(26)13-34-14-17-12-33-24(35-17,9-7-21(27)28)10-8-22(29)30/h5-6,16-17,26,31H,3-4,7-14H2,1-2H3,(H,27,28)(H,29,30). The van der Waals surface area contributed by atoms with Gasteiger partial charge in [0.05, 0.1) is 18.3 Å². The zero-order valence-corrected chi connectivity index (χ0v) is 21.7. The van der Waals surface area contributed by atoms with Crippen molar-refractivity contribution in [1.82, 2.24) is 0 Å². The summed E-state index contributed by atoms with van der Waals surface area (Å²) in [6.07, 6.45) is 0.834. The van der Waals surface area contributed by atoms with E-state index in [-0.39, 0.29) is 54.6 Å². The molecule has 11 heteroatoms. The highest BCUT2D eigenvalue weighted by atomic mass is 32.2. The van der Waals surface area contributed by atoms with Crippen molar-refractivity contribution in [2.45, 2.75) is 68.7 Å². The highest BCUT2D eigenvalue weighted by Gasteiger charge is 2.41. The number of aliphatic hydroxyl groups excluding tert-OH is 1. The van der Waals surface area contributed by atoms with Gasteiger partial charge < -0.3 is 29.9 Å². The van der Waals surface area contributed by atoms with E-state index in [9.17, 15) is 24.6 Å². The van der Waals surface area contributed by atoms with Gasteiger partial charge in [-0.15, -0.1) is 11.8 Å². The van der Waals surface area contributed by atoms with Crippen molar-refractivity contribution in [2.24, 2.45) is 0 Å². The van der Waals surface area contributed by atoms with Crippen molar-refractivity contribution >= 4 is 41.2 Å². The summed E-state index contributed by atoms with van der Waals surface area (Å²) in [4.78, 5) is 32.9. The molecule has 0 radical (unpaired) electrons. The van der Waals surface area contributed by atoms with Crippen LogP contribution >= 0.6 is 23.5 Å². The largest absolute Gasteiger partial charge is 0.507 e. The molecule has 2 unspecified atom stereocenters. The average Bonchev–Trinajstić information content (AvgIpc) is 3.20. The Morgan fingerprint density at radius 2 is 1.89 bits per heavy atom. The number of aliphatic hydroxyl groups is 1. The normalized spacial score (nSPS) is 17.7. The van der Waals surface area contributed by atoms with Gasteiger partial charge in [-0.05, 0) is 38.3 Å². The second-order valence-electron chi connectivity index (χ2n) is 8.50. The van der Waals surface area contributed by atoms with Gasteiger partial charge in [-0.25, -0.2) is 0 Å². The maximum Gasteiger partial charge on any atom is 0.303 e. The van der Waals surface area contributed by atoms with E-state index < -0.39 is 23.0 Å². The van der Waals surface area contributed by atoms with Gasteiger partial charge in [-0.1, -0.05) is 13.3 Å². The zero-order chi connectivity index (χ0) is 26.0. The number of carbonyl (C=O) groups is 3. The molecule has 0 bridgehead atoms. The lowest BCUT2D eigenvalue weighted by atomic mass is 10.0. The van der Waals surface area contributed by atoms with Crippen LogP contribution in [0.4, 0.5) is 0 Å². The number of carboxylic acids is 2. The molecule has 1 aromatic rings. The summed E-state index contributed by atoms with van der Waals surface area (Å²) in [5.74, 6) is -0.708. The van der Waals surface area contributed by atoms with Crippen molar-refractivity contribution in [3.63, 3.8) is 0 Å². The number of carbonyl (C=O) groups excluding carboxylic acids is 1. The van der Waals surface area contributed by atoms with Gasteiger partial charge in [0.2, 0.25) is 0 Å². The maximum absolute atomic E-state index is 11.7. The van der Waals surface area contributed by atoms with Crippen LogP contribution in [0, 0.1) is 0 Å². The number of ether oxygens (including phenoxy) is 2. The number of aromatic hydroxyl groups is 1. The molecule has 1 heterocycles. The summed E-state index contributed by atoms with van der Waals surface area (Å²) in [7, 11) is 0. The Kier molecular flexibility index (Phi) is 11.7. The van der Waals surface area contributed by atoms with Crippen molar-refractivity contribution in [1.29, 1.82) is 0 Å². The first kappa shape index (κ1) is 29.3. The van der Waals surface area contributed by atoms with Crippen molar-refractivity contribution < 1.29 is 44.3 Å². The summed E-state index contributed by atoms with van der Waals surface area (Å²) < 4.78 is 11.6. The smallest absolute Gasteiger partial charge is 0.303 e. The molecule has 196 valence electrons. The number of hydrogen-bond donors (Lipinski definition) is 4. The molecule has 1 fully saturated rings. The van der Waals surface area contributed by atoms with Crippen LogP contribution in [-0.4, -0.2) is 79.2 Å². The molecule has 1 saturated heterocycles. The fraction of sp³-hybridized carbons (Fsp3) is 0.625. The number of hydrogen-bond acceptors (Lipinski definition) is 9. The second kappa shape index (κ2) is 14.0. The lowest BCUT2D eigenvalue weighted by molar-refractivity contribution is -0.138. The van der Waals surface area contributed by atoms with Crippen LogP contribution in [0.2, 0.25) is 0 Å². The first-order chi connectivity index (χ1) is 16.6. The number of aliphatic carboxylic acids is 2. The fourth-order valence-corrected chi connectivity index (χ4v) is 6.52. The Hall–Kier alpha value is -1.95. The quantitative estimate of drug-likeness (QED) is 0.232. The van der Waals surface area contributed by atoms with Gasteiger partial charge in [-0.3, -0.25) is 14.4 Å². The van der Waals surface area contributed by atoms with Gasteiger partial charge in [0.15, 0.2) is 5.78 Å². The summed E-state index contributed by atoms with van der Waals surface area (Å²) in [5, 5.41) is 38.9. The van der Waals surface area contributed by atoms with Crippen LogP contribution in [0.15, 0.2) is 12.1 Å². The second-order valence-corrected chi connectivity index (χ2v) is 11.2. The molecular weight excluding hydrogens is 496 g/mol. The van der Waals surface area contributed by atoms with E-state index in [1.807, 2.05) is 6.92 Å². The molecular formula is C24H34O9S2. The van der Waals surface area contributed by atoms with Crippen LogP contribution in [0.5, 0.6) is 11.5 Å². The minimum atomic E-state index is -0.948. The minimum Gasteiger partial charge on any atom is -0.507 e. The highest BCUT2D eigenvalue weighted by Crippen LogP contribution is 2.45. The lowest BCUT2D eigenvalue weighted by Crippen LogP contribution is -2.26. The number of phenols is 1. The Bertz CT molecular complexity index is 872. The van der Waals surface area contributed by atoms with Crippen molar-refractivity contribution in [2.75, 3.05) is 24.7 Å². The summed E-state index contributed by atoms with van der Waals surface area (Å²) >= 11 is 2.99. The minimum absolute atomic E-state index is 0.0258. The predicted molar refractivity (Wildman–Crippen MR) is 135 cm³/mol. The summed E-state index contributed by atoms with van der Waals surface area (Å²) in [6, 6.07) is 3.16. The number of benzene rings is 1. The van der Waals surface area contributed by atoms with Crippen LogP contribution in [0.25, 0.3) is 0 Å². The predicted octanol–water partition coefficient (Wildman–Crippen LogP) is 3.58. The third kappa shape index (κ3) is 9.21. The first-order valence-electron chi connectivity index (χ1n) is 11.6. The van der Waals surface area contributed by atoms with Gasteiger partial charge in [0, 0.05) is 35.2 Å². The number of phenolic OH excluding ortho intramolecular Hbond substituents is 1. The van der Waals surface area contributed by atoms with Crippen molar-refractivity contribution in [3.05, 3.63) is 23.3 Å². The Morgan fingerprint density at radius 3 is 2.46 bits per heavy atom. The van der Waals surface area contributed by atoms with Crippen LogP contribution in [0.3, 0.4) is 0 Å². The first-order valence-corrected chi connectivity index (χ1v) is 13.6. The SMILES string of the molecule is CCCc1c(OCC(O)CSCC2COC(CCC(=O)O)(CCC(=O)O)S2)ccc(C(C)=O)c1O. The molecule has 0 aromatic heterocycles. The molecule has 0 amide bonds. The molecule has 9 nitrogen and oxygen atoms in total. The van der Waals surface area contributed by atoms with E-state index in [0.717, 1.165) is 6.42 Å². The van der Waals surface area contributed by atoms with E-state index in [1.165, 1.54) is 36.5 Å². The summed E-state index contributed by atoms with van der Waals surface area (Å²) in [5.41, 5.74) is 0.801. The third-order valence-corrected chi connectivity index (χ3v) is 8.58. The summed E-state index contributed by atoms with van der Waals surface area (Å²) in [6.45, 7) is 3.77. The number of thioether (sulfide) groups is 2. The third-order valence-electron chi connectivity index (χ3n) is 5.52. The molecule has 0 spiro atoms. The lowest BCUT2D eigenvalue weighted by Gasteiger charge is -2.26. The van der Waals surface area contributed by atoms with E-state index in [0.29, 0.717) is 35.8 Å². The van der Waals surface area contributed by atoms with Crippen LogP contribution < -0.4 is 4.74 Å². The molecule has 2 rings (SSSR count). The fourth-order valence-electron chi connectivity index (χ4n) is 3.78. The van der Waals surface area contributed by atoms with Gasteiger partial charge >= 0.3 is 11.9 Å². The molecule has 1 aliphatic rings. The number of carboxylic acid groups (broad SMARTS) is 2. The topological polar surface area (TPSA) is 151 Å². The number of rotatable bonds is 16. The average molecular weight is 531 g/mol. The molecule has 1 aliphatic heterocycles. The molecule has 1 aromatic carbocycles. The highest BCUT2D eigenvalue weighted by molar-refractivity contribution is 8.04. The van der Waals surface area contributed by atoms with Crippen LogP contribution in [-0.2, 0) is 20.7 Å². The van der Waals surface area contributed by atoms with E-state index >= 15 is 0 Å². The van der Waals surface area contributed by atoms with Crippen molar-refractivity contribution in [3.8, 4) is 11.5 Å². The van der Waals surface area contributed by atoms with E-state index in [1.54, 1.807) is 6.07 Å². The van der Waals surface area contributed by atoms with E-state index in [4.69, 9.17) is 19.7 Å². The Labute approximate surface area is 213 Å². The van der Waals surface area contributed by atoms with Gasteiger partial charge in [0.25, 0.3) is 0 Å². The number of Topliss-reactive ketones (excluding diaryl/α,β-unsaturated/α-hetero) is 1. The zero-order valence-electron chi connectivity index (χ0n) is 20.0. The molecule has 0 saturated carbocycles. The molecule has 4 N–H and O–H groups in total. The van der Waals surface area contributed by atoms with E-state index in [2.05, 4.69) is 0 Å². The Morgan fingerprint density at radius 1 is 1.23 bits per heavy atom. The maximum atomic E-state index is 11.7. The van der Waals surface area contributed by atoms with Crippen LogP contribution in [0.1, 0.15) is 61.9 Å². The Balaban J connectivity index is 1.84.